The van der Waals surface area contributed by atoms with Crippen LogP contribution >= 0.6 is 11.6 Å². The Morgan fingerprint density at radius 2 is 1.96 bits per heavy atom. The first-order valence-electron chi connectivity index (χ1n) is 8.25. The summed E-state index contributed by atoms with van der Waals surface area (Å²) in [5, 5.41) is 0.566. The smallest absolute Gasteiger partial charge is 0.332 e. The first-order chi connectivity index (χ1) is 13.3. The van der Waals surface area contributed by atoms with Crippen LogP contribution in [0.1, 0.15) is 5.69 Å². The van der Waals surface area contributed by atoms with Crippen molar-refractivity contribution in [2.75, 3.05) is 0 Å². The number of aryl methyl sites for hydroxylation is 1. The summed E-state index contributed by atoms with van der Waals surface area (Å²) in [6, 6.07) is 3.48. The second kappa shape index (κ2) is 6.64. The number of carbonyl (C=O) groups excluding carboxylic acids is 1. The van der Waals surface area contributed by atoms with Crippen molar-refractivity contribution in [2.24, 2.45) is 14.1 Å². The molecule has 0 bridgehead atoms. The van der Waals surface area contributed by atoms with Crippen molar-refractivity contribution < 1.29 is 9.53 Å². The first kappa shape index (κ1) is 18.0. The molecule has 4 aromatic rings. The lowest BCUT2D eigenvalue weighted by Crippen LogP contribution is -2.37. The van der Waals surface area contributed by atoms with E-state index in [1.54, 1.807) is 28.9 Å². The molecule has 0 aromatic carbocycles. The van der Waals surface area contributed by atoms with Gasteiger partial charge in [0.15, 0.2) is 11.2 Å². The van der Waals surface area contributed by atoms with Gasteiger partial charge in [0.05, 0.1) is 17.0 Å². The molecule has 0 spiro atoms. The van der Waals surface area contributed by atoms with Crippen LogP contribution in [0.3, 0.4) is 0 Å². The van der Waals surface area contributed by atoms with Crippen molar-refractivity contribution in [2.45, 2.75) is 13.2 Å². The summed E-state index contributed by atoms with van der Waals surface area (Å²) < 4.78 is 10.6. The Morgan fingerprint density at radius 1 is 1.18 bits per heavy atom. The van der Waals surface area contributed by atoms with E-state index in [4.69, 9.17) is 16.3 Å². The SMILES string of the molecule is Cn1c(=O)c2c(ncn2CC(=O)OCc2cn3cc(Cl)ccc3n2)n(C)c1=O. The normalized spacial score (nSPS) is 11.4. The zero-order valence-corrected chi connectivity index (χ0v) is 15.8. The Kier molecular flexibility index (Phi) is 4.27. The van der Waals surface area contributed by atoms with Crippen molar-refractivity contribution in [3.05, 3.63) is 62.4 Å². The average molecular weight is 403 g/mol. The van der Waals surface area contributed by atoms with Gasteiger partial charge >= 0.3 is 11.7 Å². The third-order valence-corrected chi connectivity index (χ3v) is 4.59. The third-order valence-electron chi connectivity index (χ3n) is 4.36. The Balaban J connectivity index is 1.54. The predicted octanol–water partition coefficient (Wildman–Crippen LogP) is 0.478. The van der Waals surface area contributed by atoms with E-state index >= 15 is 0 Å². The number of halogens is 1. The van der Waals surface area contributed by atoms with Crippen LogP contribution in [0.4, 0.5) is 0 Å². The summed E-state index contributed by atoms with van der Waals surface area (Å²) in [5.41, 5.74) is 0.588. The molecule has 28 heavy (non-hydrogen) atoms. The van der Waals surface area contributed by atoms with Crippen LogP contribution in [0, 0.1) is 0 Å². The summed E-state index contributed by atoms with van der Waals surface area (Å²) in [6.45, 7) is -0.246. The number of hydrogen-bond donors (Lipinski definition) is 0. The van der Waals surface area contributed by atoms with Crippen LogP contribution in [0.2, 0.25) is 5.02 Å². The van der Waals surface area contributed by atoms with Crippen molar-refractivity contribution in [1.29, 1.82) is 0 Å². The van der Waals surface area contributed by atoms with E-state index in [1.165, 1.54) is 29.6 Å². The minimum absolute atomic E-state index is 0.0265. The van der Waals surface area contributed by atoms with Crippen LogP contribution in [-0.2, 0) is 36.8 Å². The molecule has 0 radical (unpaired) electrons. The molecule has 0 aliphatic heterocycles. The van der Waals surface area contributed by atoms with E-state index < -0.39 is 17.2 Å². The highest BCUT2D eigenvalue weighted by atomic mass is 35.5. The fraction of sp³-hybridized carbons (Fsp3) is 0.235. The van der Waals surface area contributed by atoms with Crippen LogP contribution < -0.4 is 11.2 Å². The van der Waals surface area contributed by atoms with Gasteiger partial charge in [-0.1, -0.05) is 11.6 Å². The van der Waals surface area contributed by atoms with Crippen molar-refractivity contribution in [3.63, 3.8) is 0 Å². The molecule has 11 heteroatoms. The quantitative estimate of drug-likeness (QED) is 0.460. The number of fused-ring (bicyclic) bond motifs is 2. The number of ether oxygens (including phenoxy) is 1. The molecule has 0 saturated heterocycles. The summed E-state index contributed by atoms with van der Waals surface area (Å²) >= 11 is 5.94. The Bertz CT molecular complexity index is 1350. The second-order valence-corrected chi connectivity index (χ2v) is 6.69. The number of rotatable bonds is 4. The average Bonchev–Trinajstić information content (AvgIpc) is 3.26. The molecule has 10 nitrogen and oxygen atoms in total. The highest BCUT2D eigenvalue weighted by Gasteiger charge is 2.16. The number of hydrogen-bond acceptors (Lipinski definition) is 6. The molecule has 0 fully saturated rings. The summed E-state index contributed by atoms with van der Waals surface area (Å²) in [4.78, 5) is 45.0. The van der Waals surface area contributed by atoms with Gasteiger partial charge in [0.1, 0.15) is 18.8 Å². The molecule has 0 saturated carbocycles. The Morgan fingerprint density at radius 3 is 2.75 bits per heavy atom. The fourth-order valence-corrected chi connectivity index (χ4v) is 3.11. The summed E-state index contributed by atoms with van der Waals surface area (Å²) in [5.74, 6) is -0.565. The zero-order valence-electron chi connectivity index (χ0n) is 15.0. The fourth-order valence-electron chi connectivity index (χ4n) is 2.94. The maximum Gasteiger partial charge on any atom is 0.332 e. The number of imidazole rings is 2. The number of aromatic nitrogens is 6. The number of esters is 1. The zero-order chi connectivity index (χ0) is 20.0. The van der Waals surface area contributed by atoms with E-state index in [1.807, 2.05) is 0 Å². The first-order valence-corrected chi connectivity index (χ1v) is 8.62. The van der Waals surface area contributed by atoms with Gasteiger partial charge in [-0.25, -0.2) is 14.8 Å². The molecule has 0 amide bonds. The minimum atomic E-state index is -0.565. The third kappa shape index (κ3) is 2.97. The van der Waals surface area contributed by atoms with E-state index in [0.29, 0.717) is 16.4 Å². The molecule has 0 N–H and O–H groups in total. The topological polar surface area (TPSA) is 105 Å². The monoisotopic (exact) mass is 402 g/mol. The van der Waals surface area contributed by atoms with Crippen LogP contribution in [-0.4, -0.2) is 34.0 Å². The van der Waals surface area contributed by atoms with E-state index in [0.717, 1.165) is 4.57 Å². The van der Waals surface area contributed by atoms with Crippen LogP contribution in [0.5, 0.6) is 0 Å². The van der Waals surface area contributed by atoms with Crippen LogP contribution in [0.25, 0.3) is 16.8 Å². The maximum atomic E-state index is 12.4. The largest absolute Gasteiger partial charge is 0.458 e. The minimum Gasteiger partial charge on any atom is -0.458 e. The van der Waals surface area contributed by atoms with Crippen molar-refractivity contribution in [3.8, 4) is 0 Å². The van der Waals surface area contributed by atoms with Crippen molar-refractivity contribution >= 4 is 34.4 Å². The van der Waals surface area contributed by atoms with Gasteiger partial charge in [-0.3, -0.25) is 18.7 Å². The number of nitrogens with zero attached hydrogens (tertiary/aromatic N) is 6. The molecule has 0 aliphatic carbocycles. The lowest BCUT2D eigenvalue weighted by Gasteiger charge is -2.06. The molecule has 0 aliphatic rings. The molecule has 4 aromatic heterocycles. The molecular weight excluding hydrogens is 388 g/mol. The number of pyridine rings is 1. The highest BCUT2D eigenvalue weighted by Crippen LogP contribution is 2.12. The van der Waals surface area contributed by atoms with Crippen molar-refractivity contribution in [1.82, 2.24) is 28.1 Å². The summed E-state index contributed by atoms with van der Waals surface area (Å²) in [6.07, 6.45) is 4.75. The van der Waals surface area contributed by atoms with E-state index in [9.17, 15) is 14.4 Å². The van der Waals surface area contributed by atoms with Gasteiger partial charge in [0.2, 0.25) is 0 Å². The molecule has 0 unspecified atom stereocenters. The van der Waals surface area contributed by atoms with Gasteiger partial charge < -0.3 is 13.7 Å². The van der Waals surface area contributed by atoms with Crippen LogP contribution in [0.15, 0.2) is 40.4 Å². The predicted molar refractivity (Wildman–Crippen MR) is 100 cm³/mol. The van der Waals surface area contributed by atoms with Gasteiger partial charge in [-0.15, -0.1) is 0 Å². The lowest BCUT2D eigenvalue weighted by atomic mass is 10.4. The van der Waals surface area contributed by atoms with Gasteiger partial charge in [-0.05, 0) is 12.1 Å². The maximum absolute atomic E-state index is 12.4. The molecular formula is C17H15ClN6O4. The highest BCUT2D eigenvalue weighted by molar-refractivity contribution is 6.30. The molecule has 4 rings (SSSR count). The standard InChI is InChI=1S/C17H15ClN6O4/c1-21-15-14(16(26)22(2)17(21)27)24(9-19-15)7-13(25)28-8-11-6-23-5-10(18)3-4-12(23)20-11/h3-6,9H,7-8H2,1-2H3. The molecule has 144 valence electrons. The second-order valence-electron chi connectivity index (χ2n) is 6.26. The van der Waals surface area contributed by atoms with E-state index in [-0.39, 0.29) is 24.3 Å². The van der Waals surface area contributed by atoms with Gasteiger partial charge in [-0.2, -0.15) is 0 Å². The summed E-state index contributed by atoms with van der Waals surface area (Å²) in [7, 11) is 2.88. The molecule has 0 atom stereocenters. The molecule has 4 heterocycles. The Hall–Kier alpha value is -3.40. The van der Waals surface area contributed by atoms with E-state index in [2.05, 4.69) is 9.97 Å². The van der Waals surface area contributed by atoms with Gasteiger partial charge in [0, 0.05) is 26.5 Å². The lowest BCUT2D eigenvalue weighted by molar-refractivity contribution is -0.145. The Labute approximate surface area is 162 Å². The van der Waals surface area contributed by atoms with Gasteiger partial charge in [0.25, 0.3) is 5.56 Å². The number of carbonyl (C=O) groups is 1.